The van der Waals surface area contributed by atoms with Crippen molar-refractivity contribution in [1.82, 2.24) is 0 Å². The van der Waals surface area contributed by atoms with Gasteiger partial charge in [0.1, 0.15) is 22.6 Å². The Balaban J connectivity index is 1.94. The maximum Gasteiger partial charge on any atom is 0.575 e. The Kier molecular flexibility index (Phi) is 8.21. The fourth-order valence-corrected chi connectivity index (χ4v) is 3.01. The van der Waals surface area contributed by atoms with E-state index in [4.69, 9.17) is 9.47 Å². The second kappa shape index (κ2) is 11.2. The molecule has 16 heteroatoms. The average Bonchev–Trinajstić information content (AvgIpc) is 2.83. The highest BCUT2D eigenvalue weighted by atomic mass is 19.4. The summed E-state index contributed by atoms with van der Waals surface area (Å²) in [6.45, 7) is 0. The molecule has 0 aliphatic rings. The van der Waals surface area contributed by atoms with Crippen LogP contribution >= 0.6 is 0 Å². The van der Waals surface area contributed by atoms with Crippen LogP contribution in [0, 0.1) is 0 Å². The van der Waals surface area contributed by atoms with Crippen molar-refractivity contribution in [3.8, 4) is 23.0 Å². The Morgan fingerprint density at radius 1 is 0.550 bits per heavy atom. The monoisotopic (exact) mass is 574 g/mol. The molecular weight excluding hydrogens is 562 g/mol. The highest BCUT2D eigenvalue weighted by Crippen LogP contribution is 2.37. The largest absolute Gasteiger partial charge is 0.575 e. The summed E-state index contributed by atoms with van der Waals surface area (Å²) in [5.74, 6) is -8.64. The molecule has 0 saturated heterocycles. The van der Waals surface area contributed by atoms with Gasteiger partial charge in [-0.05, 0) is 48.5 Å². The molecule has 210 valence electrons. The average molecular weight is 574 g/mol. The maximum absolute atomic E-state index is 12.3. The van der Waals surface area contributed by atoms with Crippen molar-refractivity contribution < 1.29 is 74.7 Å². The highest BCUT2D eigenvalue weighted by Gasteiger charge is 2.36. The fourth-order valence-electron chi connectivity index (χ4n) is 3.01. The van der Waals surface area contributed by atoms with Gasteiger partial charge in [0.25, 0.3) is 0 Å². The van der Waals surface area contributed by atoms with Gasteiger partial charge in [-0.2, -0.15) is 0 Å². The number of carboxylic acid groups (broad SMARTS) is 2. The van der Waals surface area contributed by atoms with E-state index in [1.54, 1.807) is 0 Å². The molecule has 40 heavy (non-hydrogen) atoms. The molecule has 3 aromatic rings. The number of aromatic carboxylic acids is 2. The van der Waals surface area contributed by atoms with Crippen molar-refractivity contribution in [1.29, 1.82) is 0 Å². The second-order valence-corrected chi connectivity index (χ2v) is 7.35. The first-order chi connectivity index (χ1) is 18.5. The highest BCUT2D eigenvalue weighted by molar-refractivity contribution is 5.97. The van der Waals surface area contributed by atoms with Crippen LogP contribution in [0.15, 0.2) is 60.7 Å². The van der Waals surface area contributed by atoms with Gasteiger partial charge in [0.05, 0.1) is 11.1 Å². The van der Waals surface area contributed by atoms with E-state index < -0.39 is 70.4 Å². The van der Waals surface area contributed by atoms with Gasteiger partial charge >= 0.3 is 36.6 Å². The summed E-state index contributed by atoms with van der Waals surface area (Å²) >= 11 is 0. The lowest BCUT2D eigenvalue weighted by atomic mass is 10.1. The first-order valence-corrected chi connectivity index (χ1v) is 10.3. The van der Waals surface area contributed by atoms with Gasteiger partial charge in [0.2, 0.25) is 0 Å². The Morgan fingerprint density at radius 3 is 1.20 bits per heavy atom. The molecule has 0 fully saturated rings. The summed E-state index contributed by atoms with van der Waals surface area (Å²) < 4.78 is 91.6. The van der Waals surface area contributed by atoms with Crippen molar-refractivity contribution in [3.05, 3.63) is 82.9 Å². The third-order valence-electron chi connectivity index (χ3n) is 4.60. The standard InChI is InChI=1S/C24H12F6O10/c25-23(26,27)39-21(35)11-5-7-15(13(9-11)19(31)32)37-17-3-1-2-4-18(17)38-16-8-6-12(10-14(16)20(33)34)22(36)40-24(28,29)30/h1-10H,(H,31,32)(H,33,34). The van der Waals surface area contributed by atoms with E-state index in [1.807, 2.05) is 0 Å². The van der Waals surface area contributed by atoms with Crippen LogP contribution in [0.25, 0.3) is 0 Å². The van der Waals surface area contributed by atoms with Crippen LogP contribution in [0.2, 0.25) is 0 Å². The quantitative estimate of drug-likeness (QED) is 0.242. The van der Waals surface area contributed by atoms with E-state index in [-0.39, 0.29) is 11.5 Å². The van der Waals surface area contributed by atoms with Gasteiger partial charge in [-0.25, -0.2) is 19.2 Å². The number of ether oxygens (including phenoxy) is 4. The van der Waals surface area contributed by atoms with Gasteiger partial charge in [0, 0.05) is 0 Å². The Bertz CT molecular complexity index is 1370. The number of hydrogen-bond donors (Lipinski definition) is 2. The third kappa shape index (κ3) is 7.62. The number of carbonyl (C=O) groups is 4. The van der Waals surface area contributed by atoms with Crippen molar-refractivity contribution in [2.75, 3.05) is 0 Å². The number of carboxylic acids is 2. The van der Waals surface area contributed by atoms with Gasteiger partial charge < -0.3 is 29.2 Å². The predicted molar refractivity (Wildman–Crippen MR) is 116 cm³/mol. The number of esters is 2. The SMILES string of the molecule is O=C(OC(F)(F)F)c1ccc(Oc2ccccc2Oc2ccc(C(=O)OC(F)(F)F)cc2C(=O)O)c(C(=O)O)c1. The van der Waals surface area contributed by atoms with Crippen molar-refractivity contribution >= 4 is 23.9 Å². The molecule has 0 amide bonds. The smallest absolute Gasteiger partial charge is 0.478 e. The summed E-state index contributed by atoms with van der Waals surface area (Å²) in [6.07, 6.45) is -10.6. The molecule has 0 aromatic heterocycles. The summed E-state index contributed by atoms with van der Waals surface area (Å²) in [7, 11) is 0. The summed E-state index contributed by atoms with van der Waals surface area (Å²) in [5.41, 5.74) is -3.04. The Morgan fingerprint density at radius 2 is 0.900 bits per heavy atom. The van der Waals surface area contributed by atoms with Crippen LogP contribution in [0.3, 0.4) is 0 Å². The first-order valence-electron chi connectivity index (χ1n) is 10.3. The summed E-state index contributed by atoms with van der Waals surface area (Å²) in [4.78, 5) is 46.7. The number of halogens is 6. The number of carbonyl (C=O) groups excluding carboxylic acids is 2. The van der Waals surface area contributed by atoms with E-state index >= 15 is 0 Å². The van der Waals surface area contributed by atoms with Crippen LogP contribution in [0.4, 0.5) is 26.3 Å². The molecular formula is C24H12F6O10. The van der Waals surface area contributed by atoms with E-state index in [0.717, 1.165) is 24.3 Å². The molecule has 10 nitrogen and oxygen atoms in total. The minimum absolute atomic E-state index is 0.257. The van der Waals surface area contributed by atoms with Gasteiger partial charge in [-0.1, -0.05) is 12.1 Å². The molecule has 3 aromatic carbocycles. The number of rotatable bonds is 8. The van der Waals surface area contributed by atoms with Crippen LogP contribution in [0.1, 0.15) is 41.4 Å². The first kappa shape index (κ1) is 29.3. The summed E-state index contributed by atoms with van der Waals surface area (Å²) in [5, 5.41) is 18.9. The number of benzene rings is 3. The van der Waals surface area contributed by atoms with Gasteiger partial charge in [0.15, 0.2) is 11.5 Å². The van der Waals surface area contributed by atoms with E-state index in [0.29, 0.717) is 12.1 Å². The Hall–Kier alpha value is -5.28. The molecule has 0 saturated carbocycles. The minimum atomic E-state index is -5.32. The normalized spacial score (nSPS) is 11.3. The van der Waals surface area contributed by atoms with Crippen LogP contribution < -0.4 is 9.47 Å². The van der Waals surface area contributed by atoms with Crippen LogP contribution in [-0.4, -0.2) is 46.8 Å². The molecule has 0 aliphatic carbocycles. The topological polar surface area (TPSA) is 146 Å². The lowest BCUT2D eigenvalue weighted by molar-refractivity contribution is -0.293. The van der Waals surface area contributed by atoms with E-state index in [1.165, 1.54) is 24.3 Å². The predicted octanol–water partition coefficient (Wildman–Crippen LogP) is 6.02. The fraction of sp³-hybridized carbons (Fsp3) is 0.0833. The Labute approximate surface area is 217 Å². The van der Waals surface area contributed by atoms with Crippen molar-refractivity contribution in [2.45, 2.75) is 12.7 Å². The molecule has 0 atom stereocenters. The third-order valence-corrected chi connectivity index (χ3v) is 4.60. The lowest BCUT2D eigenvalue weighted by Crippen LogP contribution is -2.19. The lowest BCUT2D eigenvalue weighted by Gasteiger charge is -2.15. The molecule has 0 unspecified atom stereocenters. The zero-order valence-corrected chi connectivity index (χ0v) is 19.2. The van der Waals surface area contributed by atoms with Gasteiger partial charge in [-0.15, -0.1) is 26.3 Å². The molecule has 0 bridgehead atoms. The molecule has 3 rings (SSSR count). The van der Waals surface area contributed by atoms with Crippen LogP contribution in [-0.2, 0) is 9.47 Å². The maximum atomic E-state index is 12.3. The number of hydrogen-bond acceptors (Lipinski definition) is 8. The van der Waals surface area contributed by atoms with Gasteiger partial charge in [-0.3, -0.25) is 0 Å². The molecule has 2 N–H and O–H groups in total. The van der Waals surface area contributed by atoms with Crippen LogP contribution in [0.5, 0.6) is 23.0 Å². The molecule has 0 spiro atoms. The number of para-hydroxylation sites is 2. The molecule has 0 radical (unpaired) electrons. The van der Waals surface area contributed by atoms with Crippen molar-refractivity contribution in [2.24, 2.45) is 0 Å². The minimum Gasteiger partial charge on any atom is -0.478 e. The van der Waals surface area contributed by atoms with Crippen molar-refractivity contribution in [3.63, 3.8) is 0 Å². The number of alkyl halides is 6. The summed E-state index contributed by atoms with van der Waals surface area (Å²) in [6, 6.07) is 9.64. The zero-order chi connectivity index (χ0) is 29.8. The molecule has 0 aliphatic heterocycles. The van der Waals surface area contributed by atoms with E-state index in [9.17, 15) is 55.7 Å². The molecule has 0 heterocycles. The van der Waals surface area contributed by atoms with E-state index in [2.05, 4.69) is 9.47 Å². The second-order valence-electron chi connectivity index (χ2n) is 7.35. The zero-order valence-electron chi connectivity index (χ0n) is 19.2.